The molecule has 3 heteroatoms. The number of benzene rings is 1. The van der Waals surface area contributed by atoms with E-state index >= 15 is 0 Å². The first-order valence-electron chi connectivity index (χ1n) is 9.54. The third kappa shape index (κ3) is 3.49. The molecule has 2 atom stereocenters. The fourth-order valence-electron chi connectivity index (χ4n) is 4.93. The maximum atomic E-state index is 5.84. The molecule has 1 saturated carbocycles. The summed E-state index contributed by atoms with van der Waals surface area (Å²) in [7, 11) is 1.90. The quantitative estimate of drug-likeness (QED) is 0.820. The van der Waals surface area contributed by atoms with Crippen LogP contribution in [0.25, 0.3) is 11.1 Å². The minimum Gasteiger partial charge on any atom is -0.381 e. The molecule has 0 amide bonds. The molecule has 0 bridgehead atoms. The molecule has 2 heterocycles. The second kappa shape index (κ2) is 7.27. The van der Waals surface area contributed by atoms with Crippen LogP contribution in [0.3, 0.4) is 0 Å². The zero-order valence-corrected chi connectivity index (χ0v) is 15.2. The lowest BCUT2D eigenvalue weighted by atomic mass is 9.76. The minimum atomic E-state index is 0.405. The zero-order valence-electron chi connectivity index (χ0n) is 15.2. The predicted octanol–water partition coefficient (Wildman–Crippen LogP) is 4.53. The van der Waals surface area contributed by atoms with Gasteiger partial charge in [-0.2, -0.15) is 0 Å². The maximum absolute atomic E-state index is 5.84. The van der Waals surface area contributed by atoms with Crippen molar-refractivity contribution in [3.8, 4) is 11.1 Å². The number of rotatable bonds is 4. The van der Waals surface area contributed by atoms with Crippen molar-refractivity contribution in [2.75, 3.05) is 20.2 Å². The van der Waals surface area contributed by atoms with Crippen molar-refractivity contribution in [2.45, 2.75) is 44.8 Å². The van der Waals surface area contributed by atoms with Gasteiger partial charge in [0.2, 0.25) is 0 Å². The summed E-state index contributed by atoms with van der Waals surface area (Å²) in [6.07, 6.45) is 10.7. The van der Waals surface area contributed by atoms with E-state index in [1.807, 2.05) is 25.6 Å². The lowest BCUT2D eigenvalue weighted by Crippen LogP contribution is -2.47. The SMILES string of the molecule is CO[C@@H]1CCC[C@]12CCCN(Cc1ccc(-c3cccnc3)cc1)C2. The highest BCUT2D eigenvalue weighted by Gasteiger charge is 2.45. The molecule has 0 radical (unpaired) electrons. The standard InChI is InChI=1S/C22H28N2O/c1-25-21-6-2-11-22(21)12-4-14-24(17-22)16-18-7-9-19(10-8-18)20-5-3-13-23-15-20/h3,5,7-10,13,15,21H,2,4,6,11-12,14,16-17H2,1H3/t21-,22-/m1/s1. The van der Waals surface area contributed by atoms with Crippen LogP contribution in [0.1, 0.15) is 37.7 Å². The van der Waals surface area contributed by atoms with E-state index in [9.17, 15) is 0 Å². The molecule has 2 fully saturated rings. The van der Waals surface area contributed by atoms with Crippen molar-refractivity contribution >= 4 is 0 Å². The van der Waals surface area contributed by atoms with Gasteiger partial charge in [-0.15, -0.1) is 0 Å². The molecular formula is C22H28N2O. The Bertz CT molecular complexity index is 685. The number of ether oxygens (including phenoxy) is 1. The molecule has 0 N–H and O–H groups in total. The van der Waals surface area contributed by atoms with Gasteiger partial charge < -0.3 is 4.74 Å². The third-order valence-electron chi connectivity index (χ3n) is 6.15. The van der Waals surface area contributed by atoms with Crippen LogP contribution in [0.2, 0.25) is 0 Å². The van der Waals surface area contributed by atoms with Gasteiger partial charge in [-0.25, -0.2) is 0 Å². The number of piperidine rings is 1. The molecule has 3 nitrogen and oxygen atoms in total. The Kier molecular flexibility index (Phi) is 4.87. The zero-order chi connectivity index (χ0) is 17.1. The Hall–Kier alpha value is -1.71. The first kappa shape index (κ1) is 16.7. The highest BCUT2D eigenvalue weighted by molar-refractivity contribution is 5.62. The highest BCUT2D eigenvalue weighted by Crippen LogP contribution is 2.46. The second-order valence-corrected chi connectivity index (χ2v) is 7.73. The van der Waals surface area contributed by atoms with Crippen molar-refractivity contribution in [3.05, 3.63) is 54.4 Å². The van der Waals surface area contributed by atoms with E-state index < -0.39 is 0 Å². The number of pyridine rings is 1. The Labute approximate surface area is 151 Å². The molecule has 1 aliphatic carbocycles. The van der Waals surface area contributed by atoms with Crippen LogP contribution in [-0.4, -0.2) is 36.2 Å². The first-order chi connectivity index (χ1) is 12.3. The molecule has 2 aromatic rings. The maximum Gasteiger partial charge on any atom is 0.0639 e. The number of likely N-dealkylation sites (tertiary alicyclic amines) is 1. The number of nitrogens with zero attached hydrogens (tertiary/aromatic N) is 2. The normalized spacial score (nSPS) is 27.0. The Balaban J connectivity index is 1.43. The van der Waals surface area contributed by atoms with Crippen LogP contribution >= 0.6 is 0 Å². The van der Waals surface area contributed by atoms with E-state index in [0.717, 1.165) is 6.54 Å². The fraction of sp³-hybridized carbons (Fsp3) is 0.500. The van der Waals surface area contributed by atoms with Crippen LogP contribution in [-0.2, 0) is 11.3 Å². The molecule has 1 aromatic carbocycles. The van der Waals surface area contributed by atoms with E-state index in [1.54, 1.807) is 0 Å². The van der Waals surface area contributed by atoms with Gasteiger partial charge in [0.25, 0.3) is 0 Å². The summed E-state index contributed by atoms with van der Waals surface area (Å²) in [6, 6.07) is 13.1. The Morgan fingerprint density at radius 3 is 2.72 bits per heavy atom. The van der Waals surface area contributed by atoms with Gasteiger partial charge in [0.05, 0.1) is 6.10 Å². The smallest absolute Gasteiger partial charge is 0.0639 e. The summed E-state index contributed by atoms with van der Waals surface area (Å²) in [5.74, 6) is 0. The van der Waals surface area contributed by atoms with Gasteiger partial charge in [0, 0.05) is 38.0 Å². The van der Waals surface area contributed by atoms with E-state index in [4.69, 9.17) is 4.74 Å². The van der Waals surface area contributed by atoms with E-state index in [-0.39, 0.29) is 0 Å². The minimum absolute atomic E-state index is 0.405. The largest absolute Gasteiger partial charge is 0.381 e. The van der Waals surface area contributed by atoms with Crippen LogP contribution < -0.4 is 0 Å². The molecule has 25 heavy (non-hydrogen) atoms. The van der Waals surface area contributed by atoms with Crippen LogP contribution in [0.15, 0.2) is 48.8 Å². The summed E-state index contributed by atoms with van der Waals surface area (Å²) in [4.78, 5) is 6.85. The Morgan fingerprint density at radius 2 is 1.96 bits per heavy atom. The summed E-state index contributed by atoms with van der Waals surface area (Å²) in [5.41, 5.74) is 4.22. The van der Waals surface area contributed by atoms with Crippen molar-refractivity contribution in [3.63, 3.8) is 0 Å². The van der Waals surface area contributed by atoms with Gasteiger partial charge in [-0.1, -0.05) is 36.8 Å². The monoisotopic (exact) mass is 336 g/mol. The number of hydrogen-bond donors (Lipinski definition) is 0. The molecule has 4 rings (SSSR count). The summed E-state index contributed by atoms with van der Waals surface area (Å²) < 4.78 is 5.84. The summed E-state index contributed by atoms with van der Waals surface area (Å²) in [5, 5.41) is 0. The molecule has 2 aliphatic rings. The van der Waals surface area contributed by atoms with Crippen molar-refractivity contribution in [1.82, 2.24) is 9.88 Å². The average molecular weight is 336 g/mol. The van der Waals surface area contributed by atoms with Gasteiger partial charge in [0.15, 0.2) is 0 Å². The van der Waals surface area contributed by atoms with Crippen LogP contribution in [0, 0.1) is 5.41 Å². The van der Waals surface area contributed by atoms with Crippen LogP contribution in [0.4, 0.5) is 0 Å². The molecule has 0 unspecified atom stereocenters. The lowest BCUT2D eigenvalue weighted by molar-refractivity contribution is -0.0366. The number of methoxy groups -OCH3 is 1. The van der Waals surface area contributed by atoms with Gasteiger partial charge in [0.1, 0.15) is 0 Å². The van der Waals surface area contributed by atoms with Crippen molar-refractivity contribution in [1.29, 1.82) is 0 Å². The van der Waals surface area contributed by atoms with E-state index in [0.29, 0.717) is 11.5 Å². The summed E-state index contributed by atoms with van der Waals surface area (Å²) in [6.45, 7) is 3.45. The number of aromatic nitrogens is 1. The van der Waals surface area contributed by atoms with E-state index in [2.05, 4.69) is 40.2 Å². The predicted molar refractivity (Wildman–Crippen MR) is 101 cm³/mol. The topological polar surface area (TPSA) is 25.4 Å². The van der Waals surface area contributed by atoms with Crippen molar-refractivity contribution < 1.29 is 4.74 Å². The molecule has 1 spiro atoms. The van der Waals surface area contributed by atoms with Gasteiger partial charge >= 0.3 is 0 Å². The molecule has 1 aromatic heterocycles. The third-order valence-corrected chi connectivity index (χ3v) is 6.15. The van der Waals surface area contributed by atoms with Gasteiger partial charge in [-0.3, -0.25) is 9.88 Å². The molecule has 1 saturated heterocycles. The van der Waals surface area contributed by atoms with Crippen LogP contribution in [0.5, 0.6) is 0 Å². The average Bonchev–Trinajstić information content (AvgIpc) is 3.05. The highest BCUT2D eigenvalue weighted by atomic mass is 16.5. The second-order valence-electron chi connectivity index (χ2n) is 7.73. The molecular weight excluding hydrogens is 308 g/mol. The first-order valence-corrected chi connectivity index (χ1v) is 9.54. The lowest BCUT2D eigenvalue weighted by Gasteiger charge is -2.43. The Morgan fingerprint density at radius 1 is 1.12 bits per heavy atom. The molecule has 132 valence electrons. The van der Waals surface area contributed by atoms with Crippen molar-refractivity contribution in [2.24, 2.45) is 5.41 Å². The fourth-order valence-corrected chi connectivity index (χ4v) is 4.93. The molecule has 1 aliphatic heterocycles. The number of hydrogen-bond acceptors (Lipinski definition) is 3. The summed E-state index contributed by atoms with van der Waals surface area (Å²) >= 11 is 0. The van der Waals surface area contributed by atoms with E-state index in [1.165, 1.54) is 61.9 Å². The van der Waals surface area contributed by atoms with Gasteiger partial charge in [-0.05, 0) is 55.0 Å².